The lowest BCUT2D eigenvalue weighted by atomic mass is 9.98. The van der Waals surface area contributed by atoms with Crippen molar-refractivity contribution in [2.45, 2.75) is 61.7 Å². The van der Waals surface area contributed by atoms with E-state index in [0.717, 1.165) is 31.2 Å². The number of benzene rings is 1. The van der Waals surface area contributed by atoms with Crippen molar-refractivity contribution in [3.05, 3.63) is 35.7 Å². The molecule has 1 aromatic carbocycles. The zero-order valence-corrected chi connectivity index (χ0v) is 18.3. The van der Waals surface area contributed by atoms with Crippen LogP contribution in [-0.2, 0) is 33.1 Å². The third-order valence-electron chi connectivity index (χ3n) is 4.85. The summed E-state index contributed by atoms with van der Waals surface area (Å²) in [6.07, 6.45) is 5.32. The van der Waals surface area contributed by atoms with E-state index >= 15 is 0 Å². The highest BCUT2D eigenvalue weighted by molar-refractivity contribution is 7.99. The van der Waals surface area contributed by atoms with Crippen molar-refractivity contribution in [2.24, 2.45) is 7.05 Å². The zero-order chi connectivity index (χ0) is 20.9. The van der Waals surface area contributed by atoms with Gasteiger partial charge in [0.05, 0.1) is 17.2 Å². The summed E-state index contributed by atoms with van der Waals surface area (Å²) in [5, 5.41) is 8.62. The van der Waals surface area contributed by atoms with E-state index in [0.29, 0.717) is 11.0 Å². The predicted molar refractivity (Wildman–Crippen MR) is 110 cm³/mol. The molecule has 1 aliphatic carbocycles. The molecule has 0 bridgehead atoms. The summed E-state index contributed by atoms with van der Waals surface area (Å²) < 4.78 is 34.5. The largest absolute Gasteiger partial charge is 0.462 e. The third kappa shape index (κ3) is 6.03. The molecule has 1 fully saturated rings. The number of thioether (sulfide) groups is 1. The Labute approximate surface area is 175 Å². The van der Waals surface area contributed by atoms with Gasteiger partial charge in [-0.25, -0.2) is 13.1 Å². The summed E-state index contributed by atoms with van der Waals surface area (Å²) in [7, 11) is -1.90. The molecule has 0 amide bonds. The number of sulfonamides is 1. The normalized spacial score (nSPS) is 15.4. The van der Waals surface area contributed by atoms with Crippen molar-refractivity contribution in [1.82, 2.24) is 19.5 Å². The van der Waals surface area contributed by atoms with Crippen molar-refractivity contribution in [2.75, 3.05) is 5.75 Å². The van der Waals surface area contributed by atoms with Crippen molar-refractivity contribution in [3.8, 4) is 0 Å². The zero-order valence-electron chi connectivity index (χ0n) is 16.6. The molecule has 158 valence electrons. The van der Waals surface area contributed by atoms with Crippen LogP contribution >= 0.6 is 11.8 Å². The SMILES string of the molecule is Cc1ccc(S(=O)(=O)NCc2nnc(SCC(=O)OC3CCCCC3)n2C)cc1. The second-order valence-electron chi connectivity index (χ2n) is 7.13. The van der Waals surface area contributed by atoms with Gasteiger partial charge in [-0.05, 0) is 44.7 Å². The highest BCUT2D eigenvalue weighted by atomic mass is 32.2. The Hall–Kier alpha value is -1.91. The van der Waals surface area contributed by atoms with Crippen LogP contribution in [0.4, 0.5) is 0 Å². The smallest absolute Gasteiger partial charge is 0.316 e. The lowest BCUT2D eigenvalue weighted by molar-refractivity contribution is -0.147. The number of ether oxygens (including phenoxy) is 1. The molecule has 0 atom stereocenters. The number of hydrogen-bond donors (Lipinski definition) is 1. The standard InChI is InChI=1S/C19H26N4O4S2/c1-14-8-10-16(11-9-14)29(25,26)20-12-17-21-22-19(23(17)2)28-13-18(24)27-15-6-4-3-5-7-15/h8-11,15,20H,3-7,12-13H2,1-2H3. The summed E-state index contributed by atoms with van der Waals surface area (Å²) in [6.45, 7) is 1.90. The molecular weight excluding hydrogens is 412 g/mol. The highest BCUT2D eigenvalue weighted by Gasteiger charge is 2.20. The molecule has 3 rings (SSSR count). The number of nitrogens with zero attached hydrogens (tertiary/aromatic N) is 3. The lowest BCUT2D eigenvalue weighted by Gasteiger charge is -2.21. The van der Waals surface area contributed by atoms with Gasteiger partial charge in [0.25, 0.3) is 0 Å². The highest BCUT2D eigenvalue weighted by Crippen LogP contribution is 2.22. The van der Waals surface area contributed by atoms with E-state index in [1.54, 1.807) is 35.9 Å². The molecule has 1 N–H and O–H groups in total. The van der Waals surface area contributed by atoms with E-state index in [2.05, 4.69) is 14.9 Å². The van der Waals surface area contributed by atoms with Gasteiger partial charge in [0.15, 0.2) is 5.16 Å². The average molecular weight is 439 g/mol. The molecule has 1 saturated carbocycles. The maximum Gasteiger partial charge on any atom is 0.316 e. The minimum Gasteiger partial charge on any atom is -0.462 e. The van der Waals surface area contributed by atoms with Crippen molar-refractivity contribution < 1.29 is 17.9 Å². The van der Waals surface area contributed by atoms with Gasteiger partial charge >= 0.3 is 5.97 Å². The van der Waals surface area contributed by atoms with Crippen LogP contribution in [0.2, 0.25) is 0 Å². The van der Waals surface area contributed by atoms with E-state index in [9.17, 15) is 13.2 Å². The van der Waals surface area contributed by atoms with Crippen LogP contribution in [0.5, 0.6) is 0 Å². The number of carbonyl (C=O) groups excluding carboxylic acids is 1. The van der Waals surface area contributed by atoms with Crippen molar-refractivity contribution in [1.29, 1.82) is 0 Å². The molecule has 2 aromatic rings. The molecule has 0 unspecified atom stereocenters. The predicted octanol–water partition coefficient (Wildman–Crippen LogP) is 2.57. The molecule has 0 radical (unpaired) electrons. The Morgan fingerprint density at radius 3 is 2.59 bits per heavy atom. The van der Waals surface area contributed by atoms with Crippen LogP contribution in [0, 0.1) is 6.92 Å². The molecule has 1 aromatic heterocycles. The van der Waals surface area contributed by atoms with Crippen LogP contribution < -0.4 is 4.72 Å². The Bertz CT molecular complexity index is 936. The topological polar surface area (TPSA) is 103 Å². The first-order chi connectivity index (χ1) is 13.8. The van der Waals surface area contributed by atoms with E-state index in [1.165, 1.54) is 18.2 Å². The van der Waals surface area contributed by atoms with Gasteiger partial charge in [-0.1, -0.05) is 35.9 Å². The monoisotopic (exact) mass is 438 g/mol. The molecule has 8 nitrogen and oxygen atoms in total. The third-order valence-corrected chi connectivity index (χ3v) is 7.26. The van der Waals surface area contributed by atoms with E-state index < -0.39 is 10.0 Å². The fraction of sp³-hybridized carbons (Fsp3) is 0.526. The summed E-state index contributed by atoms with van der Waals surface area (Å²) >= 11 is 1.23. The molecule has 29 heavy (non-hydrogen) atoms. The van der Waals surface area contributed by atoms with Gasteiger partial charge in [-0.3, -0.25) is 4.79 Å². The van der Waals surface area contributed by atoms with Crippen LogP contribution in [0.15, 0.2) is 34.3 Å². The first-order valence-electron chi connectivity index (χ1n) is 9.62. The van der Waals surface area contributed by atoms with E-state index in [-0.39, 0.29) is 29.3 Å². The Morgan fingerprint density at radius 2 is 1.90 bits per heavy atom. The number of carbonyl (C=O) groups is 1. The van der Waals surface area contributed by atoms with Crippen molar-refractivity contribution >= 4 is 27.8 Å². The molecule has 10 heteroatoms. The summed E-state index contributed by atoms with van der Waals surface area (Å²) in [4.78, 5) is 12.2. The van der Waals surface area contributed by atoms with Crippen LogP contribution in [0.3, 0.4) is 0 Å². The van der Waals surface area contributed by atoms with Gasteiger partial charge in [-0.2, -0.15) is 0 Å². The number of aromatic nitrogens is 3. The van der Waals surface area contributed by atoms with Gasteiger partial charge in [0.2, 0.25) is 10.0 Å². The number of aryl methyl sites for hydroxylation is 1. The first kappa shape index (κ1) is 21.8. The molecule has 1 aliphatic rings. The van der Waals surface area contributed by atoms with Gasteiger partial charge in [-0.15, -0.1) is 10.2 Å². The Balaban J connectivity index is 1.52. The van der Waals surface area contributed by atoms with Crippen molar-refractivity contribution in [3.63, 3.8) is 0 Å². The Morgan fingerprint density at radius 1 is 1.21 bits per heavy atom. The Kier molecular flexibility index (Phi) is 7.31. The number of hydrogen-bond acceptors (Lipinski definition) is 7. The maximum atomic E-state index is 12.4. The fourth-order valence-electron chi connectivity index (χ4n) is 3.11. The molecule has 0 saturated heterocycles. The summed E-state index contributed by atoms with van der Waals surface area (Å²) in [5.41, 5.74) is 0.987. The quantitative estimate of drug-likeness (QED) is 0.499. The fourth-order valence-corrected chi connectivity index (χ4v) is 4.80. The minimum atomic E-state index is -3.64. The van der Waals surface area contributed by atoms with Gasteiger partial charge in [0.1, 0.15) is 11.9 Å². The summed E-state index contributed by atoms with van der Waals surface area (Å²) in [6, 6.07) is 6.62. The second-order valence-corrected chi connectivity index (χ2v) is 9.84. The minimum absolute atomic E-state index is 0.00674. The molecule has 1 heterocycles. The van der Waals surface area contributed by atoms with Crippen LogP contribution in [0.1, 0.15) is 43.5 Å². The second kappa shape index (κ2) is 9.73. The first-order valence-corrected chi connectivity index (χ1v) is 12.1. The molecule has 0 aliphatic heterocycles. The number of rotatable bonds is 8. The molecule has 0 spiro atoms. The van der Waals surface area contributed by atoms with E-state index in [1.807, 2.05) is 6.92 Å². The molecular formula is C19H26N4O4S2. The van der Waals surface area contributed by atoms with Gasteiger partial charge < -0.3 is 9.30 Å². The number of esters is 1. The maximum absolute atomic E-state index is 12.4. The average Bonchev–Trinajstić information content (AvgIpc) is 3.06. The van der Waals surface area contributed by atoms with Gasteiger partial charge in [0, 0.05) is 7.05 Å². The summed E-state index contributed by atoms with van der Waals surface area (Å²) in [5.74, 6) is 0.354. The lowest BCUT2D eigenvalue weighted by Crippen LogP contribution is -2.24. The van der Waals surface area contributed by atoms with E-state index in [4.69, 9.17) is 4.74 Å². The van der Waals surface area contributed by atoms with Crippen LogP contribution in [-0.4, -0.2) is 41.0 Å². The van der Waals surface area contributed by atoms with Crippen LogP contribution in [0.25, 0.3) is 0 Å². The number of nitrogens with one attached hydrogen (secondary N) is 1.